The van der Waals surface area contributed by atoms with E-state index in [2.05, 4.69) is 21.5 Å². The van der Waals surface area contributed by atoms with Gasteiger partial charge in [0.25, 0.3) is 0 Å². The number of carbonyl (C=O) groups excluding carboxylic acids is 1. The van der Waals surface area contributed by atoms with Gasteiger partial charge in [0.2, 0.25) is 0 Å². The zero-order valence-electron chi connectivity index (χ0n) is 14.1. The Morgan fingerprint density at radius 3 is 2.83 bits per heavy atom. The molecule has 0 spiro atoms. The van der Waals surface area contributed by atoms with Crippen LogP contribution in [0, 0.1) is 0 Å². The summed E-state index contributed by atoms with van der Waals surface area (Å²) in [5, 5.41) is 7.72. The predicted octanol–water partition coefficient (Wildman–Crippen LogP) is 3.51. The molecule has 0 unspecified atom stereocenters. The first-order valence-corrected chi connectivity index (χ1v) is 9.12. The molecule has 0 saturated heterocycles. The van der Waals surface area contributed by atoms with Crippen LogP contribution in [0.5, 0.6) is 0 Å². The lowest BCUT2D eigenvalue weighted by Gasteiger charge is -2.19. The Hall–Kier alpha value is -2.02. The van der Waals surface area contributed by atoms with Crippen molar-refractivity contribution < 1.29 is 4.79 Å². The summed E-state index contributed by atoms with van der Waals surface area (Å²) < 4.78 is 1.67. The van der Waals surface area contributed by atoms with Gasteiger partial charge < -0.3 is 10.2 Å². The molecule has 2 amide bonds. The summed E-state index contributed by atoms with van der Waals surface area (Å²) in [6.07, 6.45) is 6.64. The Labute approximate surface area is 146 Å². The van der Waals surface area contributed by atoms with Gasteiger partial charge in [-0.05, 0) is 25.0 Å². The number of para-hydroxylation sites is 1. The van der Waals surface area contributed by atoms with Crippen LogP contribution in [-0.2, 0) is 13.6 Å². The van der Waals surface area contributed by atoms with E-state index < -0.39 is 0 Å². The number of carbonyl (C=O) groups is 1. The first-order valence-electron chi connectivity index (χ1n) is 8.24. The van der Waals surface area contributed by atoms with Gasteiger partial charge in [-0.1, -0.05) is 25.0 Å². The minimum atomic E-state index is -0.141. The van der Waals surface area contributed by atoms with Crippen molar-refractivity contribution in [3.63, 3.8) is 0 Å². The van der Waals surface area contributed by atoms with Crippen molar-refractivity contribution >= 4 is 23.5 Å². The maximum absolute atomic E-state index is 12.5. The van der Waals surface area contributed by atoms with Gasteiger partial charge in [0, 0.05) is 24.2 Å². The first kappa shape index (κ1) is 16.8. The molecule has 1 aromatic carbocycles. The molecule has 0 bridgehead atoms. The van der Waals surface area contributed by atoms with Gasteiger partial charge in [0.1, 0.15) is 12.2 Å². The number of hydrogen-bond donors (Lipinski definition) is 1. The van der Waals surface area contributed by atoms with Crippen molar-refractivity contribution in [2.75, 3.05) is 12.4 Å². The molecular formula is C17H23N5OS. The van der Waals surface area contributed by atoms with E-state index in [0.717, 1.165) is 16.4 Å². The third-order valence-electron chi connectivity index (χ3n) is 4.25. The van der Waals surface area contributed by atoms with Crippen LogP contribution in [0.2, 0.25) is 0 Å². The third-order valence-corrected chi connectivity index (χ3v) is 5.67. The van der Waals surface area contributed by atoms with Gasteiger partial charge >= 0.3 is 6.03 Å². The molecule has 1 heterocycles. The van der Waals surface area contributed by atoms with Gasteiger partial charge in [0.05, 0.1) is 12.2 Å². The van der Waals surface area contributed by atoms with Crippen molar-refractivity contribution in [3.05, 3.63) is 36.4 Å². The van der Waals surface area contributed by atoms with Crippen LogP contribution >= 0.6 is 11.8 Å². The Morgan fingerprint density at radius 1 is 1.38 bits per heavy atom. The summed E-state index contributed by atoms with van der Waals surface area (Å²) in [6.45, 7) is 0.417. The lowest BCUT2D eigenvalue weighted by atomic mass is 10.3. The number of nitrogens with one attached hydrogen (secondary N) is 1. The highest BCUT2D eigenvalue weighted by Crippen LogP contribution is 2.38. The summed E-state index contributed by atoms with van der Waals surface area (Å²) in [5.74, 6) is 0.751. The second-order valence-corrected chi connectivity index (χ2v) is 7.45. The second kappa shape index (κ2) is 7.70. The monoisotopic (exact) mass is 345 g/mol. The summed E-state index contributed by atoms with van der Waals surface area (Å²) in [6, 6.07) is 7.89. The Morgan fingerprint density at radius 2 is 2.12 bits per heavy atom. The van der Waals surface area contributed by atoms with Gasteiger partial charge in [-0.2, -0.15) is 5.10 Å². The van der Waals surface area contributed by atoms with Crippen LogP contribution in [0.25, 0.3) is 0 Å². The van der Waals surface area contributed by atoms with Crippen LogP contribution in [0.4, 0.5) is 10.5 Å². The van der Waals surface area contributed by atoms with E-state index in [9.17, 15) is 4.79 Å². The zero-order chi connectivity index (χ0) is 16.9. The van der Waals surface area contributed by atoms with Gasteiger partial charge in [-0.15, -0.1) is 11.8 Å². The number of urea groups is 1. The summed E-state index contributed by atoms with van der Waals surface area (Å²) in [5.41, 5.74) is 0.879. The number of amides is 2. The quantitative estimate of drug-likeness (QED) is 0.901. The Balaban J connectivity index is 1.64. The third kappa shape index (κ3) is 4.08. The molecule has 1 saturated carbocycles. The van der Waals surface area contributed by atoms with Crippen molar-refractivity contribution in [2.45, 2.75) is 42.4 Å². The molecule has 1 aliphatic carbocycles. The molecule has 0 atom stereocenters. The number of hydrogen-bond acceptors (Lipinski definition) is 4. The average molecular weight is 345 g/mol. The molecule has 128 valence electrons. The predicted molar refractivity (Wildman–Crippen MR) is 96.0 cm³/mol. The lowest BCUT2D eigenvalue weighted by molar-refractivity contribution is 0.219. The molecule has 6 nitrogen and oxygen atoms in total. The highest BCUT2D eigenvalue weighted by molar-refractivity contribution is 8.00. The fourth-order valence-corrected chi connectivity index (χ4v) is 4.15. The molecule has 1 N–H and O–H groups in total. The van der Waals surface area contributed by atoms with Crippen molar-refractivity contribution in [3.8, 4) is 0 Å². The van der Waals surface area contributed by atoms with Crippen molar-refractivity contribution in [1.82, 2.24) is 19.7 Å². The molecule has 0 radical (unpaired) electrons. The molecule has 3 rings (SSSR count). The number of anilines is 1. The summed E-state index contributed by atoms with van der Waals surface area (Å²) >= 11 is 1.88. The number of nitrogens with zero attached hydrogens (tertiary/aromatic N) is 4. The van der Waals surface area contributed by atoms with E-state index in [4.69, 9.17) is 0 Å². The molecular weight excluding hydrogens is 322 g/mol. The Bertz CT molecular complexity index is 696. The van der Waals surface area contributed by atoms with Crippen molar-refractivity contribution in [2.24, 2.45) is 7.05 Å². The normalized spacial score (nSPS) is 14.8. The number of benzene rings is 1. The van der Waals surface area contributed by atoms with Gasteiger partial charge in [0.15, 0.2) is 0 Å². The minimum Gasteiger partial charge on any atom is -0.320 e. The van der Waals surface area contributed by atoms with E-state index in [-0.39, 0.29) is 6.03 Å². The highest BCUT2D eigenvalue weighted by Gasteiger charge is 2.19. The SMILES string of the molecule is CN(Cc1ncnn1C)C(=O)Nc1ccccc1SC1CCCC1. The largest absolute Gasteiger partial charge is 0.322 e. The van der Waals surface area contributed by atoms with E-state index in [0.29, 0.717) is 11.8 Å². The summed E-state index contributed by atoms with van der Waals surface area (Å²) in [7, 11) is 3.58. The van der Waals surface area contributed by atoms with E-state index in [1.54, 1.807) is 16.6 Å². The fraction of sp³-hybridized carbons (Fsp3) is 0.471. The number of aromatic nitrogens is 3. The second-order valence-electron chi connectivity index (χ2n) is 6.11. The van der Waals surface area contributed by atoms with Crippen molar-refractivity contribution in [1.29, 1.82) is 0 Å². The van der Waals surface area contributed by atoms with Crippen LogP contribution < -0.4 is 5.32 Å². The van der Waals surface area contributed by atoms with Crippen LogP contribution in [-0.4, -0.2) is 38.0 Å². The van der Waals surface area contributed by atoms with Crippen LogP contribution in [0.3, 0.4) is 0 Å². The molecule has 0 aliphatic heterocycles. The topological polar surface area (TPSA) is 63.1 Å². The lowest BCUT2D eigenvalue weighted by Crippen LogP contribution is -2.32. The van der Waals surface area contributed by atoms with E-state index >= 15 is 0 Å². The molecule has 24 heavy (non-hydrogen) atoms. The molecule has 1 aromatic heterocycles. The summed E-state index contributed by atoms with van der Waals surface area (Å²) in [4.78, 5) is 19.4. The maximum Gasteiger partial charge on any atom is 0.322 e. The standard InChI is InChI=1S/C17H23N5OS/c1-21(11-16-18-12-19-22(16)2)17(23)20-14-9-5-6-10-15(14)24-13-7-3-4-8-13/h5-6,9-10,12-13H,3-4,7-8,11H2,1-2H3,(H,20,23). The smallest absolute Gasteiger partial charge is 0.320 e. The molecule has 1 aliphatic rings. The van der Waals surface area contributed by atoms with E-state index in [1.165, 1.54) is 32.0 Å². The maximum atomic E-state index is 12.5. The number of aryl methyl sites for hydroxylation is 1. The van der Waals surface area contributed by atoms with Crippen LogP contribution in [0.15, 0.2) is 35.5 Å². The molecule has 7 heteroatoms. The number of rotatable bonds is 5. The van der Waals surface area contributed by atoms with Gasteiger partial charge in [-0.25, -0.2) is 9.78 Å². The highest BCUT2D eigenvalue weighted by atomic mass is 32.2. The Kier molecular flexibility index (Phi) is 5.40. The molecule has 1 fully saturated rings. The molecule has 2 aromatic rings. The number of thioether (sulfide) groups is 1. The van der Waals surface area contributed by atoms with Gasteiger partial charge in [-0.3, -0.25) is 4.68 Å². The average Bonchev–Trinajstić information content (AvgIpc) is 3.22. The first-order chi connectivity index (χ1) is 11.6. The fourth-order valence-electron chi connectivity index (χ4n) is 2.82. The zero-order valence-corrected chi connectivity index (χ0v) is 14.9. The minimum absolute atomic E-state index is 0.141. The van der Waals surface area contributed by atoms with Crippen LogP contribution in [0.1, 0.15) is 31.5 Å². The van der Waals surface area contributed by atoms with E-state index in [1.807, 2.05) is 37.0 Å².